The number of carbonyl (C=O) groups is 1. The van der Waals surface area contributed by atoms with Gasteiger partial charge in [0.25, 0.3) is 10.0 Å². The first kappa shape index (κ1) is 12.8. The maximum absolute atomic E-state index is 13.0. The predicted octanol–water partition coefficient (Wildman–Crippen LogP) is 0.514. The topological polar surface area (TPSA) is 102 Å². The molecule has 1 heterocycles. The third kappa shape index (κ3) is 2.62. The Morgan fingerprint density at radius 1 is 1.50 bits per heavy atom. The fourth-order valence-corrected chi connectivity index (χ4v) is 3.30. The number of hydrogen-bond acceptors (Lipinski definition) is 5. The van der Waals surface area contributed by atoms with Crippen LogP contribution in [0.3, 0.4) is 0 Å². The molecular weight excluding hydrogens is 281 g/mol. The summed E-state index contributed by atoms with van der Waals surface area (Å²) in [6.45, 7) is 0. The molecule has 0 aromatic heterocycles. The van der Waals surface area contributed by atoms with Gasteiger partial charge in [-0.3, -0.25) is 4.79 Å². The SMILES string of the molecule is NC(=O)CSC1=NS(=O)(=O)c2cc(F)ccc2N1. The third-order valence-corrected chi connectivity index (χ3v) is 4.35. The second kappa shape index (κ2) is 4.58. The molecule has 0 radical (unpaired) electrons. The molecule has 0 bridgehead atoms. The van der Waals surface area contributed by atoms with E-state index in [1.165, 1.54) is 6.07 Å². The van der Waals surface area contributed by atoms with Crippen molar-refractivity contribution in [1.29, 1.82) is 0 Å². The molecule has 1 aliphatic rings. The van der Waals surface area contributed by atoms with Crippen molar-refractivity contribution in [2.75, 3.05) is 11.1 Å². The number of sulfonamides is 1. The van der Waals surface area contributed by atoms with Gasteiger partial charge in [0.2, 0.25) is 5.91 Å². The number of rotatable bonds is 2. The number of amidine groups is 1. The van der Waals surface area contributed by atoms with E-state index in [0.717, 1.165) is 23.9 Å². The second-order valence-corrected chi connectivity index (χ2v) is 5.93. The second-order valence-electron chi connectivity index (χ2n) is 3.39. The predicted molar refractivity (Wildman–Crippen MR) is 66.3 cm³/mol. The molecule has 1 aromatic carbocycles. The highest BCUT2D eigenvalue weighted by Crippen LogP contribution is 2.29. The maximum Gasteiger partial charge on any atom is 0.286 e. The molecule has 0 spiro atoms. The molecule has 0 saturated carbocycles. The first-order valence-corrected chi connectivity index (χ1v) is 7.14. The lowest BCUT2D eigenvalue weighted by Gasteiger charge is -2.17. The maximum atomic E-state index is 13.0. The number of anilines is 1. The van der Waals surface area contributed by atoms with Crippen molar-refractivity contribution in [2.24, 2.45) is 10.1 Å². The Morgan fingerprint density at radius 3 is 2.89 bits per heavy atom. The van der Waals surface area contributed by atoms with Gasteiger partial charge in [0.15, 0.2) is 5.17 Å². The van der Waals surface area contributed by atoms with Gasteiger partial charge in [-0.1, -0.05) is 11.8 Å². The number of fused-ring (bicyclic) bond motifs is 1. The molecule has 1 aromatic rings. The monoisotopic (exact) mass is 289 g/mol. The van der Waals surface area contributed by atoms with E-state index in [1.54, 1.807) is 0 Å². The number of benzene rings is 1. The van der Waals surface area contributed by atoms with Gasteiger partial charge in [0, 0.05) is 0 Å². The Bertz CT molecular complexity index is 642. The van der Waals surface area contributed by atoms with Crippen molar-refractivity contribution in [3.8, 4) is 0 Å². The van der Waals surface area contributed by atoms with Crippen molar-refractivity contribution in [1.82, 2.24) is 0 Å². The zero-order chi connectivity index (χ0) is 13.3. The molecule has 0 unspecified atom stereocenters. The molecule has 3 N–H and O–H groups in total. The zero-order valence-corrected chi connectivity index (χ0v) is 10.5. The Balaban J connectivity index is 2.36. The number of hydrogen-bond donors (Lipinski definition) is 2. The van der Waals surface area contributed by atoms with Gasteiger partial charge < -0.3 is 11.1 Å². The van der Waals surface area contributed by atoms with Crippen LogP contribution in [0.15, 0.2) is 27.5 Å². The van der Waals surface area contributed by atoms with E-state index in [0.29, 0.717) is 0 Å². The van der Waals surface area contributed by atoms with Gasteiger partial charge in [0.05, 0.1) is 11.4 Å². The number of halogens is 1. The molecule has 0 saturated heterocycles. The van der Waals surface area contributed by atoms with Crippen LogP contribution in [0.5, 0.6) is 0 Å². The minimum Gasteiger partial charge on any atom is -0.369 e. The van der Waals surface area contributed by atoms with Crippen LogP contribution in [0, 0.1) is 5.82 Å². The van der Waals surface area contributed by atoms with Crippen molar-refractivity contribution >= 4 is 38.5 Å². The average molecular weight is 289 g/mol. The van der Waals surface area contributed by atoms with Crippen LogP contribution in [0.2, 0.25) is 0 Å². The summed E-state index contributed by atoms with van der Waals surface area (Å²) in [5.74, 6) is -1.35. The average Bonchev–Trinajstić information content (AvgIpc) is 2.27. The van der Waals surface area contributed by atoms with Crippen LogP contribution in [0.25, 0.3) is 0 Å². The van der Waals surface area contributed by atoms with Crippen LogP contribution in [0.1, 0.15) is 0 Å². The van der Waals surface area contributed by atoms with Crippen LogP contribution in [-0.2, 0) is 14.8 Å². The minimum atomic E-state index is -3.95. The highest BCUT2D eigenvalue weighted by molar-refractivity contribution is 8.15. The number of amides is 1. The van der Waals surface area contributed by atoms with E-state index in [4.69, 9.17) is 5.73 Å². The van der Waals surface area contributed by atoms with Crippen LogP contribution < -0.4 is 11.1 Å². The number of nitrogens with zero attached hydrogens (tertiary/aromatic N) is 1. The molecular formula is C9H8FN3O3S2. The fraction of sp³-hybridized carbons (Fsp3) is 0.111. The van der Waals surface area contributed by atoms with Gasteiger partial charge in [-0.25, -0.2) is 4.39 Å². The molecule has 1 amide bonds. The number of nitrogens with one attached hydrogen (secondary N) is 1. The molecule has 0 aliphatic carbocycles. The van der Waals surface area contributed by atoms with Gasteiger partial charge in [-0.05, 0) is 18.2 Å². The van der Waals surface area contributed by atoms with E-state index in [2.05, 4.69) is 9.71 Å². The van der Waals surface area contributed by atoms with E-state index >= 15 is 0 Å². The van der Waals surface area contributed by atoms with Crippen LogP contribution >= 0.6 is 11.8 Å². The quantitative estimate of drug-likeness (QED) is 0.826. The third-order valence-electron chi connectivity index (χ3n) is 2.02. The zero-order valence-electron chi connectivity index (χ0n) is 8.88. The summed E-state index contributed by atoms with van der Waals surface area (Å²) in [6, 6.07) is 3.31. The number of carbonyl (C=O) groups excluding carboxylic acids is 1. The van der Waals surface area contributed by atoms with Crippen molar-refractivity contribution in [2.45, 2.75) is 4.90 Å². The van der Waals surface area contributed by atoms with E-state index in [9.17, 15) is 17.6 Å². The summed E-state index contributed by atoms with van der Waals surface area (Å²) in [7, 11) is -3.95. The number of primary amides is 1. The Hall–Kier alpha value is -1.61. The summed E-state index contributed by atoms with van der Waals surface area (Å²) in [5.41, 5.74) is 5.17. The molecule has 18 heavy (non-hydrogen) atoms. The fourth-order valence-electron chi connectivity index (χ4n) is 1.31. The standard InChI is InChI=1S/C9H8FN3O3S2/c10-5-1-2-6-7(3-5)18(15,16)13-9(12-6)17-4-8(11)14/h1-3H,4H2,(H2,11,14)(H,12,13). The summed E-state index contributed by atoms with van der Waals surface area (Å²) < 4.78 is 39.9. The molecule has 9 heteroatoms. The molecule has 1 aliphatic heterocycles. The molecule has 2 rings (SSSR count). The van der Waals surface area contributed by atoms with Crippen molar-refractivity contribution in [3.63, 3.8) is 0 Å². The summed E-state index contributed by atoms with van der Waals surface area (Å²) in [4.78, 5) is 10.4. The first-order chi connectivity index (χ1) is 8.38. The largest absolute Gasteiger partial charge is 0.369 e. The first-order valence-electron chi connectivity index (χ1n) is 4.71. The summed E-state index contributed by atoms with van der Waals surface area (Å²) >= 11 is 0.867. The Labute approximate surface area is 107 Å². The Kier molecular flexibility index (Phi) is 3.26. The van der Waals surface area contributed by atoms with Crippen molar-refractivity contribution in [3.05, 3.63) is 24.0 Å². The van der Waals surface area contributed by atoms with Crippen LogP contribution in [0.4, 0.5) is 10.1 Å². The lowest BCUT2D eigenvalue weighted by molar-refractivity contribution is -0.115. The molecule has 96 valence electrons. The van der Waals surface area contributed by atoms with E-state index < -0.39 is 21.7 Å². The van der Waals surface area contributed by atoms with E-state index in [-0.39, 0.29) is 21.5 Å². The summed E-state index contributed by atoms with van der Waals surface area (Å²) in [6.07, 6.45) is 0. The molecule has 0 atom stereocenters. The van der Waals surface area contributed by atoms with Gasteiger partial charge >= 0.3 is 0 Å². The lowest BCUT2D eigenvalue weighted by atomic mass is 10.3. The number of thioether (sulfide) groups is 1. The smallest absolute Gasteiger partial charge is 0.286 e. The lowest BCUT2D eigenvalue weighted by Crippen LogP contribution is -2.22. The molecule has 6 nitrogen and oxygen atoms in total. The van der Waals surface area contributed by atoms with E-state index in [1.807, 2.05) is 0 Å². The highest BCUT2D eigenvalue weighted by Gasteiger charge is 2.25. The van der Waals surface area contributed by atoms with Gasteiger partial charge in [-0.15, -0.1) is 4.40 Å². The Morgan fingerprint density at radius 2 is 2.22 bits per heavy atom. The van der Waals surface area contributed by atoms with Crippen molar-refractivity contribution < 1.29 is 17.6 Å². The normalized spacial score (nSPS) is 16.4. The number of nitrogens with two attached hydrogens (primary N) is 1. The minimum absolute atomic E-state index is 0.0351. The van der Waals surface area contributed by atoms with Gasteiger partial charge in [0.1, 0.15) is 10.7 Å². The van der Waals surface area contributed by atoms with Gasteiger partial charge in [-0.2, -0.15) is 8.42 Å². The highest BCUT2D eigenvalue weighted by atomic mass is 32.2. The summed E-state index contributed by atoms with van der Waals surface area (Å²) in [5, 5.41) is 2.73. The van der Waals surface area contributed by atoms with Crippen LogP contribution in [-0.4, -0.2) is 25.2 Å². The molecule has 0 fully saturated rings.